The zero-order valence-corrected chi connectivity index (χ0v) is 11.5. The van der Waals surface area contributed by atoms with Gasteiger partial charge in [-0.1, -0.05) is 0 Å². The van der Waals surface area contributed by atoms with Gasteiger partial charge in [0.15, 0.2) is 0 Å². The highest BCUT2D eigenvalue weighted by Gasteiger charge is 2.18. The minimum atomic E-state index is -0.965. The molecule has 0 aliphatic rings. The van der Waals surface area contributed by atoms with Crippen molar-refractivity contribution in [2.24, 2.45) is 0 Å². The number of rotatable bonds is 4. The van der Waals surface area contributed by atoms with Crippen molar-refractivity contribution in [3.63, 3.8) is 0 Å². The molecule has 0 aromatic carbocycles. The lowest BCUT2D eigenvalue weighted by molar-refractivity contribution is -0.137. The van der Waals surface area contributed by atoms with E-state index in [1.165, 1.54) is 16.5 Å². The Hall–Kier alpha value is -2.03. The van der Waals surface area contributed by atoms with E-state index in [4.69, 9.17) is 5.11 Å². The van der Waals surface area contributed by atoms with Crippen LogP contribution in [0.15, 0.2) is 16.9 Å². The van der Waals surface area contributed by atoms with E-state index in [2.05, 4.69) is 31.0 Å². The summed E-state index contributed by atoms with van der Waals surface area (Å²) >= 11 is 3.24. The van der Waals surface area contributed by atoms with Crippen LogP contribution in [0.3, 0.4) is 0 Å². The number of nitrogens with zero attached hydrogens (tertiary/aromatic N) is 5. The van der Waals surface area contributed by atoms with E-state index in [1.807, 2.05) is 0 Å². The first-order valence-electron chi connectivity index (χ1n) is 5.32. The highest BCUT2D eigenvalue weighted by atomic mass is 79.9. The van der Waals surface area contributed by atoms with Crippen molar-refractivity contribution in [2.75, 3.05) is 13.6 Å². The van der Waals surface area contributed by atoms with Gasteiger partial charge in [0.2, 0.25) is 5.82 Å². The third-order valence-electron chi connectivity index (χ3n) is 2.36. The molecule has 0 saturated carbocycles. The topological polar surface area (TPSA) is 101 Å². The fraction of sp³-hybridized carbons (Fsp3) is 0.300. The fourth-order valence-corrected chi connectivity index (χ4v) is 1.68. The van der Waals surface area contributed by atoms with E-state index in [0.717, 1.165) is 0 Å². The van der Waals surface area contributed by atoms with Crippen LogP contribution in [0.2, 0.25) is 0 Å². The van der Waals surface area contributed by atoms with Crippen LogP contribution in [0.5, 0.6) is 0 Å². The normalized spacial score (nSPS) is 10.6. The number of fused-ring (bicyclic) bond motifs is 1. The first-order chi connectivity index (χ1) is 8.97. The Morgan fingerprint density at radius 3 is 2.95 bits per heavy atom. The van der Waals surface area contributed by atoms with Gasteiger partial charge in [-0.15, -0.1) is 5.10 Å². The summed E-state index contributed by atoms with van der Waals surface area (Å²) in [5, 5.41) is 12.6. The molecule has 0 bridgehead atoms. The number of aromatic nitrogens is 4. The Bertz CT molecular complexity index is 641. The minimum absolute atomic E-state index is 0.0153. The number of amides is 1. The van der Waals surface area contributed by atoms with Gasteiger partial charge in [-0.3, -0.25) is 9.59 Å². The van der Waals surface area contributed by atoms with Gasteiger partial charge in [0.25, 0.3) is 11.7 Å². The maximum absolute atomic E-state index is 12.0. The number of carboxylic acid groups (broad SMARTS) is 1. The number of hydrogen-bond donors (Lipinski definition) is 1. The number of carbonyl (C=O) groups excluding carboxylic acids is 1. The van der Waals surface area contributed by atoms with E-state index in [9.17, 15) is 9.59 Å². The maximum atomic E-state index is 12.0. The van der Waals surface area contributed by atoms with Crippen LogP contribution in [0, 0.1) is 0 Å². The number of carbonyl (C=O) groups is 2. The van der Waals surface area contributed by atoms with E-state index in [0.29, 0.717) is 10.3 Å². The molecule has 0 unspecified atom stereocenters. The van der Waals surface area contributed by atoms with Gasteiger partial charge < -0.3 is 10.0 Å². The Balaban J connectivity index is 2.19. The molecular formula is C10H10BrN5O3. The molecule has 19 heavy (non-hydrogen) atoms. The molecule has 2 rings (SSSR count). The summed E-state index contributed by atoms with van der Waals surface area (Å²) in [6.45, 7) is 0.0981. The van der Waals surface area contributed by atoms with Gasteiger partial charge in [0, 0.05) is 26.0 Å². The second kappa shape index (κ2) is 5.31. The summed E-state index contributed by atoms with van der Waals surface area (Å²) in [6, 6.07) is 0. The molecule has 0 aliphatic carbocycles. The van der Waals surface area contributed by atoms with Gasteiger partial charge in [0.05, 0.1) is 10.9 Å². The van der Waals surface area contributed by atoms with Crippen LogP contribution in [-0.2, 0) is 4.79 Å². The predicted octanol–water partition coefficient (Wildman–Crippen LogP) is 0.433. The van der Waals surface area contributed by atoms with Gasteiger partial charge in [0.1, 0.15) is 0 Å². The largest absolute Gasteiger partial charge is 0.481 e. The number of carboxylic acids is 1. The molecule has 8 nitrogen and oxygen atoms in total. The van der Waals surface area contributed by atoms with Gasteiger partial charge >= 0.3 is 5.97 Å². The van der Waals surface area contributed by atoms with Crippen molar-refractivity contribution in [2.45, 2.75) is 6.42 Å². The highest BCUT2D eigenvalue weighted by molar-refractivity contribution is 9.10. The molecule has 2 aromatic rings. The molecule has 0 radical (unpaired) electrons. The summed E-state index contributed by atoms with van der Waals surface area (Å²) < 4.78 is 2.09. The standard InChI is InChI=1S/C10H10BrN5O3/c1-15(3-2-7(17)18)9(19)8-13-10-12-4-6(11)5-16(10)14-8/h4-5H,2-3H2,1H3,(H,17,18). The molecular weight excluding hydrogens is 318 g/mol. The van der Waals surface area contributed by atoms with Crippen LogP contribution in [0.4, 0.5) is 0 Å². The van der Waals surface area contributed by atoms with Gasteiger partial charge in [-0.25, -0.2) is 9.50 Å². The summed E-state index contributed by atoms with van der Waals surface area (Å²) in [4.78, 5) is 31.7. The maximum Gasteiger partial charge on any atom is 0.305 e. The molecule has 0 saturated heterocycles. The van der Waals surface area contributed by atoms with Crippen LogP contribution in [-0.4, -0.2) is 55.1 Å². The van der Waals surface area contributed by atoms with E-state index >= 15 is 0 Å². The first kappa shape index (κ1) is 13.4. The predicted molar refractivity (Wildman–Crippen MR) is 67.7 cm³/mol. The Labute approximate surface area is 116 Å². The fourth-order valence-electron chi connectivity index (χ4n) is 1.39. The average molecular weight is 328 g/mol. The molecule has 1 amide bonds. The van der Waals surface area contributed by atoms with E-state index in [1.54, 1.807) is 12.4 Å². The lowest BCUT2D eigenvalue weighted by atomic mass is 10.4. The molecule has 100 valence electrons. The number of halogens is 1. The molecule has 0 aliphatic heterocycles. The van der Waals surface area contributed by atoms with Crippen LogP contribution in [0.25, 0.3) is 5.78 Å². The van der Waals surface area contributed by atoms with E-state index < -0.39 is 11.9 Å². The van der Waals surface area contributed by atoms with Crippen molar-refractivity contribution in [3.05, 3.63) is 22.7 Å². The van der Waals surface area contributed by atoms with Crippen LogP contribution >= 0.6 is 15.9 Å². The monoisotopic (exact) mass is 327 g/mol. The quantitative estimate of drug-likeness (QED) is 0.874. The van der Waals surface area contributed by atoms with Crippen molar-refractivity contribution in [3.8, 4) is 0 Å². The molecule has 1 N–H and O–H groups in total. The third-order valence-corrected chi connectivity index (χ3v) is 2.77. The van der Waals surface area contributed by atoms with Gasteiger partial charge in [-0.2, -0.15) is 4.98 Å². The average Bonchev–Trinajstić information content (AvgIpc) is 2.77. The lowest BCUT2D eigenvalue weighted by Crippen LogP contribution is -2.29. The molecule has 0 fully saturated rings. The minimum Gasteiger partial charge on any atom is -0.481 e. The summed E-state index contributed by atoms with van der Waals surface area (Å²) in [6.07, 6.45) is 3.05. The second-order valence-corrected chi connectivity index (χ2v) is 4.74. The second-order valence-electron chi connectivity index (χ2n) is 3.82. The Morgan fingerprint density at radius 2 is 2.26 bits per heavy atom. The smallest absolute Gasteiger partial charge is 0.305 e. The SMILES string of the molecule is CN(CCC(=O)O)C(=O)c1nc2ncc(Br)cn2n1. The van der Waals surface area contributed by atoms with Crippen molar-refractivity contribution < 1.29 is 14.7 Å². The molecule has 0 atom stereocenters. The summed E-state index contributed by atoms with van der Waals surface area (Å²) in [7, 11) is 1.50. The first-order valence-corrected chi connectivity index (χ1v) is 6.12. The molecule has 9 heteroatoms. The van der Waals surface area contributed by atoms with Crippen LogP contribution < -0.4 is 0 Å². The molecule has 0 spiro atoms. The highest BCUT2D eigenvalue weighted by Crippen LogP contribution is 2.08. The van der Waals surface area contributed by atoms with Crippen molar-refractivity contribution >= 4 is 33.6 Å². The van der Waals surface area contributed by atoms with Gasteiger partial charge in [-0.05, 0) is 15.9 Å². The summed E-state index contributed by atoms with van der Waals surface area (Å²) in [5.41, 5.74) is 0. The zero-order valence-electron chi connectivity index (χ0n) is 9.95. The van der Waals surface area contributed by atoms with Crippen molar-refractivity contribution in [1.29, 1.82) is 0 Å². The Kier molecular flexibility index (Phi) is 3.74. The Morgan fingerprint density at radius 1 is 1.53 bits per heavy atom. The van der Waals surface area contributed by atoms with E-state index in [-0.39, 0.29) is 18.8 Å². The molecule has 2 heterocycles. The zero-order chi connectivity index (χ0) is 14.0. The molecule has 2 aromatic heterocycles. The number of aliphatic carboxylic acids is 1. The van der Waals surface area contributed by atoms with Crippen LogP contribution in [0.1, 0.15) is 17.0 Å². The lowest BCUT2D eigenvalue weighted by Gasteiger charge is -2.13. The van der Waals surface area contributed by atoms with Crippen molar-refractivity contribution in [1.82, 2.24) is 24.5 Å². The third kappa shape index (κ3) is 3.05. The number of hydrogen-bond acceptors (Lipinski definition) is 5. The summed E-state index contributed by atoms with van der Waals surface area (Å²) in [5.74, 6) is -1.12.